The fraction of sp³-hybridized carbons (Fsp3) is 0.316. The molecule has 2 aromatic carbocycles. The number of nitrogens with one attached hydrogen (secondary N) is 1. The van der Waals surface area contributed by atoms with E-state index in [0.717, 1.165) is 5.56 Å². The molecule has 0 radical (unpaired) electrons. The monoisotopic (exact) mass is 358 g/mol. The molecule has 1 aliphatic heterocycles. The van der Waals surface area contributed by atoms with Crippen molar-refractivity contribution in [2.24, 2.45) is 0 Å². The van der Waals surface area contributed by atoms with E-state index < -0.39 is 9.84 Å². The highest BCUT2D eigenvalue weighted by atomic mass is 32.2. The Labute approximate surface area is 148 Å². The molecule has 0 fully saturated rings. The molecule has 1 atom stereocenters. The maximum Gasteiger partial charge on any atom is 0.317 e. The Morgan fingerprint density at radius 1 is 1.12 bits per heavy atom. The van der Waals surface area contributed by atoms with Crippen molar-refractivity contribution in [3.8, 4) is 0 Å². The van der Waals surface area contributed by atoms with Crippen molar-refractivity contribution < 1.29 is 13.2 Å². The third-order valence-corrected chi connectivity index (χ3v) is 5.38. The first-order chi connectivity index (χ1) is 11.9. The van der Waals surface area contributed by atoms with Crippen molar-refractivity contribution in [3.63, 3.8) is 0 Å². The molecule has 1 heterocycles. The van der Waals surface area contributed by atoms with Gasteiger partial charge in [0, 0.05) is 31.8 Å². The topological polar surface area (TPSA) is 66.5 Å². The number of rotatable bonds is 4. The van der Waals surface area contributed by atoms with E-state index in [-0.39, 0.29) is 24.2 Å². The summed E-state index contributed by atoms with van der Waals surface area (Å²) in [5, 5.41) is 2.72. The first-order valence-electron chi connectivity index (χ1n) is 8.27. The SMILES string of the molecule is CS(=O)(=O)CCNC(=O)N1Cc2ccccc2C(c2ccccc2)C1. The van der Waals surface area contributed by atoms with E-state index in [1.54, 1.807) is 4.90 Å². The van der Waals surface area contributed by atoms with Crippen LogP contribution >= 0.6 is 0 Å². The predicted octanol–water partition coefficient (Wildman–Crippen LogP) is 2.39. The summed E-state index contributed by atoms with van der Waals surface area (Å²) in [7, 11) is -3.09. The number of nitrogens with zero attached hydrogens (tertiary/aromatic N) is 1. The van der Waals surface area contributed by atoms with Crippen molar-refractivity contribution in [2.45, 2.75) is 12.5 Å². The second-order valence-corrected chi connectivity index (χ2v) is 8.66. The molecule has 0 saturated heterocycles. The first kappa shape index (κ1) is 17.5. The Kier molecular flexibility index (Phi) is 5.08. The van der Waals surface area contributed by atoms with Crippen molar-refractivity contribution in [1.82, 2.24) is 10.2 Å². The highest BCUT2D eigenvalue weighted by molar-refractivity contribution is 7.90. The van der Waals surface area contributed by atoms with Crippen LogP contribution < -0.4 is 5.32 Å². The van der Waals surface area contributed by atoms with Crippen LogP contribution in [0.15, 0.2) is 54.6 Å². The summed E-state index contributed by atoms with van der Waals surface area (Å²) in [5.74, 6) is 0.0671. The minimum absolute atomic E-state index is 0.0503. The summed E-state index contributed by atoms with van der Waals surface area (Å²) in [6.45, 7) is 1.24. The zero-order valence-electron chi connectivity index (χ0n) is 14.2. The lowest BCUT2D eigenvalue weighted by atomic mass is 9.85. The summed E-state index contributed by atoms with van der Waals surface area (Å²) in [6.07, 6.45) is 1.17. The predicted molar refractivity (Wildman–Crippen MR) is 98.2 cm³/mol. The maximum atomic E-state index is 12.5. The van der Waals surface area contributed by atoms with E-state index in [1.165, 1.54) is 17.4 Å². The van der Waals surface area contributed by atoms with Crippen molar-refractivity contribution in [1.29, 1.82) is 0 Å². The van der Waals surface area contributed by atoms with Gasteiger partial charge in [-0.25, -0.2) is 13.2 Å². The zero-order chi connectivity index (χ0) is 17.9. The molecule has 2 amide bonds. The number of hydrogen-bond donors (Lipinski definition) is 1. The normalized spacial score (nSPS) is 17.0. The Hall–Kier alpha value is -2.34. The number of benzene rings is 2. The van der Waals surface area contributed by atoms with Crippen molar-refractivity contribution in [3.05, 3.63) is 71.3 Å². The molecule has 1 aliphatic rings. The highest BCUT2D eigenvalue weighted by Gasteiger charge is 2.28. The summed E-state index contributed by atoms with van der Waals surface area (Å²) >= 11 is 0. The zero-order valence-corrected chi connectivity index (χ0v) is 15.0. The van der Waals surface area contributed by atoms with Gasteiger partial charge in [0.2, 0.25) is 0 Å². The molecule has 6 heteroatoms. The van der Waals surface area contributed by atoms with Gasteiger partial charge in [0.15, 0.2) is 0 Å². The van der Waals surface area contributed by atoms with Gasteiger partial charge >= 0.3 is 6.03 Å². The van der Waals surface area contributed by atoms with Gasteiger partial charge in [0.05, 0.1) is 5.75 Å². The minimum atomic E-state index is -3.09. The number of fused-ring (bicyclic) bond motifs is 1. The molecule has 25 heavy (non-hydrogen) atoms. The van der Waals surface area contributed by atoms with Crippen LogP contribution in [0, 0.1) is 0 Å². The second-order valence-electron chi connectivity index (χ2n) is 6.40. The molecule has 0 spiro atoms. The van der Waals surface area contributed by atoms with E-state index in [1.807, 2.05) is 36.4 Å². The fourth-order valence-electron chi connectivity index (χ4n) is 3.19. The van der Waals surface area contributed by atoms with Crippen molar-refractivity contribution in [2.75, 3.05) is 25.1 Å². The summed E-state index contributed by atoms with van der Waals surface area (Å²) in [6, 6.07) is 18.1. The first-order valence-corrected chi connectivity index (χ1v) is 10.3. The Morgan fingerprint density at radius 2 is 1.80 bits per heavy atom. The van der Waals surface area contributed by atoms with E-state index in [4.69, 9.17) is 0 Å². The molecule has 5 nitrogen and oxygen atoms in total. The molecule has 132 valence electrons. The molecule has 0 aliphatic carbocycles. The van der Waals surface area contributed by atoms with Crippen LogP contribution in [0.4, 0.5) is 4.79 Å². The minimum Gasteiger partial charge on any atom is -0.337 e. The molecule has 0 saturated carbocycles. The number of sulfone groups is 1. The number of carbonyl (C=O) groups is 1. The number of amides is 2. The second kappa shape index (κ2) is 7.27. The number of hydrogen-bond acceptors (Lipinski definition) is 3. The van der Waals surface area contributed by atoms with Gasteiger partial charge in [-0.3, -0.25) is 0 Å². The van der Waals surface area contributed by atoms with Gasteiger partial charge < -0.3 is 10.2 Å². The lowest BCUT2D eigenvalue weighted by molar-refractivity contribution is 0.189. The lowest BCUT2D eigenvalue weighted by Gasteiger charge is -2.35. The summed E-state index contributed by atoms with van der Waals surface area (Å²) < 4.78 is 22.4. The third-order valence-electron chi connectivity index (χ3n) is 4.43. The Bertz CT molecular complexity index is 850. The average Bonchev–Trinajstić information content (AvgIpc) is 2.60. The molecular formula is C19H22N2O3S. The van der Waals surface area contributed by atoms with E-state index >= 15 is 0 Å². The van der Waals surface area contributed by atoms with Crippen LogP contribution in [0.3, 0.4) is 0 Å². The van der Waals surface area contributed by atoms with Crippen molar-refractivity contribution >= 4 is 15.9 Å². The molecule has 2 aromatic rings. The number of urea groups is 1. The van der Waals surface area contributed by atoms with Gasteiger partial charge in [0.1, 0.15) is 9.84 Å². The van der Waals surface area contributed by atoms with Crippen LogP contribution in [-0.4, -0.2) is 44.4 Å². The third kappa shape index (κ3) is 4.39. The van der Waals surface area contributed by atoms with Gasteiger partial charge in [-0.05, 0) is 16.7 Å². The van der Waals surface area contributed by atoms with Gasteiger partial charge in [-0.15, -0.1) is 0 Å². The Morgan fingerprint density at radius 3 is 2.52 bits per heavy atom. The standard InChI is InChI=1S/C19H22N2O3S/c1-25(23,24)12-11-20-19(22)21-13-16-9-5-6-10-17(16)18(14-21)15-7-3-2-4-8-15/h2-10,18H,11-14H2,1H3,(H,20,22). The van der Waals surface area contributed by atoms with E-state index in [2.05, 4.69) is 23.5 Å². The van der Waals surface area contributed by atoms with Crippen LogP contribution in [0.5, 0.6) is 0 Å². The highest BCUT2D eigenvalue weighted by Crippen LogP contribution is 2.33. The molecule has 0 bridgehead atoms. The summed E-state index contributed by atoms with van der Waals surface area (Å²) in [4.78, 5) is 14.2. The largest absolute Gasteiger partial charge is 0.337 e. The molecular weight excluding hydrogens is 336 g/mol. The quantitative estimate of drug-likeness (QED) is 0.913. The molecule has 0 aromatic heterocycles. The molecule has 3 rings (SSSR count). The Balaban J connectivity index is 1.78. The van der Waals surface area contributed by atoms with Crippen LogP contribution in [0.2, 0.25) is 0 Å². The average molecular weight is 358 g/mol. The van der Waals surface area contributed by atoms with Crippen LogP contribution in [0.1, 0.15) is 22.6 Å². The molecule has 1 N–H and O–H groups in total. The maximum absolute atomic E-state index is 12.5. The lowest BCUT2D eigenvalue weighted by Crippen LogP contribution is -2.45. The van der Waals surface area contributed by atoms with Crippen LogP contribution in [-0.2, 0) is 16.4 Å². The smallest absolute Gasteiger partial charge is 0.317 e. The van der Waals surface area contributed by atoms with Crippen LogP contribution in [0.25, 0.3) is 0 Å². The number of carbonyl (C=O) groups excluding carboxylic acids is 1. The van der Waals surface area contributed by atoms with Gasteiger partial charge in [-0.1, -0.05) is 54.6 Å². The van der Waals surface area contributed by atoms with E-state index in [0.29, 0.717) is 13.1 Å². The van der Waals surface area contributed by atoms with Gasteiger partial charge in [-0.2, -0.15) is 0 Å². The fourth-order valence-corrected chi connectivity index (χ4v) is 3.66. The molecule has 1 unspecified atom stereocenters. The summed E-state index contributed by atoms with van der Waals surface area (Å²) in [5.41, 5.74) is 3.54. The van der Waals surface area contributed by atoms with Gasteiger partial charge in [0.25, 0.3) is 0 Å². The van der Waals surface area contributed by atoms with E-state index in [9.17, 15) is 13.2 Å².